The van der Waals surface area contributed by atoms with Crippen LogP contribution in [0.2, 0.25) is 10.0 Å². The molecular weight excluding hydrogens is 492 g/mol. The molecule has 1 N–H and O–H groups in total. The summed E-state index contributed by atoms with van der Waals surface area (Å²) < 4.78 is 47.7. The van der Waals surface area contributed by atoms with Crippen LogP contribution in [0.4, 0.5) is 10.1 Å². The molecule has 7 nitrogen and oxygen atoms in total. The Balaban J connectivity index is 1.80. The normalized spacial score (nSPS) is 15.8. The number of carbonyl (C=O) groups is 1. The van der Waals surface area contributed by atoms with Crippen LogP contribution >= 0.6 is 23.2 Å². The van der Waals surface area contributed by atoms with Gasteiger partial charge in [0.1, 0.15) is 11.9 Å². The molecule has 1 aliphatic heterocycles. The molecule has 33 heavy (non-hydrogen) atoms. The number of morpholine rings is 1. The highest BCUT2D eigenvalue weighted by Crippen LogP contribution is 2.31. The molecule has 1 aliphatic rings. The molecule has 0 radical (unpaired) electrons. The van der Waals surface area contributed by atoms with Gasteiger partial charge in [-0.1, -0.05) is 23.2 Å². The molecule has 11 heteroatoms. The number of anilines is 1. The highest BCUT2D eigenvalue weighted by Gasteiger charge is 2.35. The zero-order chi connectivity index (χ0) is 24.0. The molecule has 1 amide bonds. The summed E-state index contributed by atoms with van der Waals surface area (Å²) in [6.07, 6.45) is 0.688. The predicted octanol–water partition coefficient (Wildman–Crippen LogP) is 3.55. The van der Waals surface area contributed by atoms with Gasteiger partial charge in [-0.2, -0.15) is 0 Å². The lowest BCUT2D eigenvalue weighted by atomic mass is 10.2. The Morgan fingerprint density at radius 3 is 2.45 bits per heavy atom. The van der Waals surface area contributed by atoms with Gasteiger partial charge in [0.25, 0.3) is 10.0 Å². The third-order valence-electron chi connectivity index (χ3n) is 5.30. The van der Waals surface area contributed by atoms with E-state index in [0.29, 0.717) is 31.2 Å². The Kier molecular flexibility index (Phi) is 8.95. The summed E-state index contributed by atoms with van der Waals surface area (Å²) in [5, 5.41) is 3.25. The molecule has 1 atom stereocenters. The lowest BCUT2D eigenvalue weighted by molar-refractivity contribution is -0.121. The number of nitrogens with zero attached hydrogens (tertiary/aromatic N) is 2. The van der Waals surface area contributed by atoms with E-state index < -0.39 is 27.8 Å². The molecule has 2 aromatic rings. The van der Waals surface area contributed by atoms with Crippen molar-refractivity contribution in [3.05, 3.63) is 58.3 Å². The molecule has 0 saturated carbocycles. The van der Waals surface area contributed by atoms with Crippen LogP contribution < -0.4 is 9.62 Å². The minimum atomic E-state index is -4.31. The molecule has 0 spiro atoms. The van der Waals surface area contributed by atoms with E-state index in [1.54, 1.807) is 0 Å². The van der Waals surface area contributed by atoms with Crippen LogP contribution in [0.3, 0.4) is 0 Å². The summed E-state index contributed by atoms with van der Waals surface area (Å²) in [6, 6.07) is 7.77. The second kappa shape index (κ2) is 11.5. The van der Waals surface area contributed by atoms with Crippen molar-refractivity contribution in [1.82, 2.24) is 10.2 Å². The maximum absolute atomic E-state index is 14.7. The third kappa shape index (κ3) is 6.58. The quantitative estimate of drug-likeness (QED) is 0.514. The molecule has 2 aromatic carbocycles. The van der Waals surface area contributed by atoms with Crippen LogP contribution in [0.25, 0.3) is 0 Å². The molecule has 0 aliphatic carbocycles. The number of sulfonamides is 1. The molecule has 180 valence electrons. The van der Waals surface area contributed by atoms with Crippen LogP contribution in [-0.4, -0.2) is 64.7 Å². The van der Waals surface area contributed by atoms with Crippen molar-refractivity contribution in [3.63, 3.8) is 0 Å². The maximum atomic E-state index is 14.7. The van der Waals surface area contributed by atoms with Gasteiger partial charge < -0.3 is 10.1 Å². The smallest absolute Gasteiger partial charge is 0.265 e. The van der Waals surface area contributed by atoms with Gasteiger partial charge in [-0.15, -0.1) is 0 Å². The van der Waals surface area contributed by atoms with Crippen molar-refractivity contribution in [3.8, 4) is 0 Å². The van der Waals surface area contributed by atoms with E-state index in [2.05, 4.69) is 10.2 Å². The first-order valence-corrected chi connectivity index (χ1v) is 12.7. The predicted molar refractivity (Wildman–Crippen MR) is 127 cm³/mol. The fourth-order valence-corrected chi connectivity index (χ4v) is 5.42. The number of benzene rings is 2. The average molecular weight is 518 g/mol. The maximum Gasteiger partial charge on any atom is 0.265 e. The third-order valence-corrected chi connectivity index (χ3v) is 7.69. The average Bonchev–Trinajstić information content (AvgIpc) is 2.79. The Morgan fingerprint density at radius 1 is 1.15 bits per heavy atom. The molecule has 0 bridgehead atoms. The van der Waals surface area contributed by atoms with Gasteiger partial charge in [-0.3, -0.25) is 14.0 Å². The number of ether oxygens (including phenoxy) is 1. The Labute approximate surface area is 203 Å². The van der Waals surface area contributed by atoms with Crippen molar-refractivity contribution in [2.24, 2.45) is 0 Å². The van der Waals surface area contributed by atoms with Crippen molar-refractivity contribution in [1.29, 1.82) is 0 Å². The Hall–Kier alpha value is -1.91. The van der Waals surface area contributed by atoms with Gasteiger partial charge in [0.05, 0.1) is 23.8 Å². The fourth-order valence-electron chi connectivity index (χ4n) is 3.51. The van der Waals surface area contributed by atoms with E-state index in [0.717, 1.165) is 30.0 Å². The van der Waals surface area contributed by atoms with Gasteiger partial charge in [-0.05, 0) is 62.4 Å². The van der Waals surface area contributed by atoms with Crippen LogP contribution in [0.1, 0.15) is 13.3 Å². The first kappa shape index (κ1) is 25.7. The highest BCUT2D eigenvalue weighted by atomic mass is 35.5. The second-order valence-electron chi connectivity index (χ2n) is 7.63. The molecule has 1 fully saturated rings. The lowest BCUT2D eigenvalue weighted by Gasteiger charge is -2.30. The monoisotopic (exact) mass is 517 g/mol. The van der Waals surface area contributed by atoms with Crippen LogP contribution in [0.15, 0.2) is 47.4 Å². The minimum Gasteiger partial charge on any atom is -0.379 e. The SMILES string of the molecule is CC(C(=O)NCCCN1CCOCC1)N(c1cc(Cl)ccc1F)S(=O)(=O)c1ccc(Cl)cc1. The van der Waals surface area contributed by atoms with Crippen molar-refractivity contribution >= 4 is 44.8 Å². The number of rotatable bonds is 9. The van der Waals surface area contributed by atoms with Crippen molar-refractivity contribution in [2.75, 3.05) is 43.7 Å². The lowest BCUT2D eigenvalue weighted by Crippen LogP contribution is -2.49. The summed E-state index contributed by atoms with van der Waals surface area (Å²) in [4.78, 5) is 15.0. The highest BCUT2D eigenvalue weighted by molar-refractivity contribution is 7.93. The zero-order valence-corrected chi connectivity index (χ0v) is 20.5. The van der Waals surface area contributed by atoms with Crippen LogP contribution in [0.5, 0.6) is 0 Å². The molecule has 3 rings (SSSR count). The summed E-state index contributed by atoms with van der Waals surface area (Å²) in [5.74, 6) is -1.36. The van der Waals surface area contributed by atoms with E-state index in [1.165, 1.54) is 43.3 Å². The van der Waals surface area contributed by atoms with Gasteiger partial charge in [0, 0.05) is 29.7 Å². The molecule has 1 unspecified atom stereocenters. The molecule has 0 aromatic heterocycles. The van der Waals surface area contributed by atoms with E-state index in [4.69, 9.17) is 27.9 Å². The largest absolute Gasteiger partial charge is 0.379 e. The Morgan fingerprint density at radius 2 is 1.79 bits per heavy atom. The van der Waals surface area contributed by atoms with Crippen molar-refractivity contribution in [2.45, 2.75) is 24.3 Å². The summed E-state index contributed by atoms with van der Waals surface area (Å²) in [5.41, 5.74) is -0.312. The number of amides is 1. The Bertz CT molecular complexity index is 1060. The van der Waals surface area contributed by atoms with Gasteiger partial charge in [0.15, 0.2) is 0 Å². The molecular formula is C22H26Cl2FN3O4S. The first-order chi connectivity index (χ1) is 15.7. The molecule has 1 heterocycles. The zero-order valence-electron chi connectivity index (χ0n) is 18.1. The summed E-state index contributed by atoms with van der Waals surface area (Å²) in [7, 11) is -4.31. The van der Waals surface area contributed by atoms with E-state index in [9.17, 15) is 17.6 Å². The van der Waals surface area contributed by atoms with E-state index >= 15 is 0 Å². The summed E-state index contributed by atoms with van der Waals surface area (Å²) >= 11 is 11.9. The minimum absolute atomic E-state index is 0.127. The molecule has 1 saturated heterocycles. The van der Waals surface area contributed by atoms with Crippen LogP contribution in [0, 0.1) is 5.82 Å². The van der Waals surface area contributed by atoms with Crippen LogP contribution in [-0.2, 0) is 19.6 Å². The first-order valence-electron chi connectivity index (χ1n) is 10.5. The topological polar surface area (TPSA) is 79.0 Å². The number of halogens is 3. The summed E-state index contributed by atoms with van der Waals surface area (Å²) in [6.45, 7) is 5.60. The van der Waals surface area contributed by atoms with Gasteiger partial charge in [0.2, 0.25) is 5.91 Å². The van der Waals surface area contributed by atoms with E-state index in [-0.39, 0.29) is 15.6 Å². The number of nitrogens with one attached hydrogen (secondary N) is 1. The number of hydrogen-bond donors (Lipinski definition) is 1. The second-order valence-corrected chi connectivity index (χ2v) is 10.3. The van der Waals surface area contributed by atoms with Gasteiger partial charge in [-0.25, -0.2) is 12.8 Å². The fraction of sp³-hybridized carbons (Fsp3) is 0.409. The standard InChI is InChI=1S/C22H26Cl2FN3O4S/c1-16(22(29)26-9-2-10-27-11-13-32-14-12-27)28(21-15-18(24)5-8-20(21)25)33(30,31)19-6-3-17(23)4-7-19/h3-8,15-16H,2,9-14H2,1H3,(H,26,29). The van der Waals surface area contributed by atoms with E-state index in [1.807, 2.05) is 0 Å². The van der Waals surface area contributed by atoms with Gasteiger partial charge >= 0.3 is 0 Å². The van der Waals surface area contributed by atoms with Crippen molar-refractivity contribution < 1.29 is 22.3 Å². The number of carbonyl (C=O) groups excluding carboxylic acids is 1. The number of hydrogen-bond acceptors (Lipinski definition) is 5.